The van der Waals surface area contributed by atoms with Crippen LogP contribution in [0.15, 0.2) is 65.9 Å². The molecule has 0 atom stereocenters. The first-order valence-corrected chi connectivity index (χ1v) is 9.05. The Morgan fingerprint density at radius 2 is 1.73 bits per heavy atom. The topological polar surface area (TPSA) is 45.5 Å². The van der Waals surface area contributed by atoms with Crippen molar-refractivity contribution in [3.05, 3.63) is 71.1 Å². The summed E-state index contributed by atoms with van der Waals surface area (Å²) >= 11 is 5.37. The average molecular weight is 364 g/mol. The van der Waals surface area contributed by atoms with E-state index in [1.165, 1.54) is 5.69 Å². The molecule has 2 heterocycles. The summed E-state index contributed by atoms with van der Waals surface area (Å²) in [6.45, 7) is 3.46. The summed E-state index contributed by atoms with van der Waals surface area (Å²) in [6, 6.07) is 18.5. The second kappa shape index (κ2) is 7.68. The number of hydrogen-bond donors (Lipinski definition) is 1. The number of H-pyrrole nitrogens is 1. The van der Waals surface area contributed by atoms with Gasteiger partial charge in [0.15, 0.2) is 4.77 Å². The molecule has 0 radical (unpaired) electrons. The highest BCUT2D eigenvalue weighted by atomic mass is 32.1. The lowest BCUT2D eigenvalue weighted by molar-refractivity contribution is 0.122. The molecular weight excluding hydrogens is 344 g/mol. The fourth-order valence-corrected chi connectivity index (χ4v) is 3.17. The van der Waals surface area contributed by atoms with E-state index in [9.17, 15) is 0 Å². The third-order valence-corrected chi connectivity index (χ3v) is 4.68. The van der Waals surface area contributed by atoms with Crippen LogP contribution in [-0.4, -0.2) is 42.2 Å². The molecule has 2 aromatic carbocycles. The number of morpholine rings is 1. The fourth-order valence-electron chi connectivity index (χ4n) is 2.96. The highest BCUT2D eigenvalue weighted by Gasteiger charge is 2.10. The number of anilines is 1. The van der Waals surface area contributed by atoms with Crippen LogP contribution in [0.2, 0.25) is 0 Å². The van der Waals surface area contributed by atoms with Gasteiger partial charge in [0.05, 0.1) is 31.3 Å². The minimum Gasteiger partial charge on any atom is -0.378 e. The van der Waals surface area contributed by atoms with Gasteiger partial charge in [0.25, 0.3) is 0 Å². The highest BCUT2D eigenvalue weighted by molar-refractivity contribution is 7.71. The lowest BCUT2D eigenvalue weighted by Crippen LogP contribution is -2.36. The van der Waals surface area contributed by atoms with Gasteiger partial charge in [-0.1, -0.05) is 42.5 Å². The molecule has 1 aromatic heterocycles. The van der Waals surface area contributed by atoms with Gasteiger partial charge < -0.3 is 14.6 Å². The van der Waals surface area contributed by atoms with Gasteiger partial charge in [-0.3, -0.25) is 0 Å². The minimum atomic E-state index is 0.574. The van der Waals surface area contributed by atoms with E-state index in [0.29, 0.717) is 4.77 Å². The van der Waals surface area contributed by atoms with E-state index in [4.69, 9.17) is 17.0 Å². The zero-order valence-corrected chi connectivity index (χ0v) is 15.2. The van der Waals surface area contributed by atoms with E-state index in [-0.39, 0.29) is 0 Å². The van der Waals surface area contributed by atoms with Gasteiger partial charge >= 0.3 is 0 Å². The zero-order chi connectivity index (χ0) is 17.8. The van der Waals surface area contributed by atoms with Crippen molar-refractivity contribution in [1.29, 1.82) is 0 Å². The minimum absolute atomic E-state index is 0.574. The van der Waals surface area contributed by atoms with Crippen molar-refractivity contribution in [3.8, 4) is 11.3 Å². The van der Waals surface area contributed by atoms with Gasteiger partial charge in [0.2, 0.25) is 0 Å². The van der Waals surface area contributed by atoms with Crippen LogP contribution in [0.3, 0.4) is 0 Å². The Morgan fingerprint density at radius 3 is 2.46 bits per heavy atom. The second-order valence-electron chi connectivity index (χ2n) is 6.12. The van der Waals surface area contributed by atoms with Crippen LogP contribution in [0, 0.1) is 4.77 Å². The first-order chi connectivity index (χ1) is 12.8. The van der Waals surface area contributed by atoms with Crippen molar-refractivity contribution in [3.63, 3.8) is 0 Å². The Balaban J connectivity index is 1.49. The highest BCUT2D eigenvalue weighted by Crippen LogP contribution is 2.18. The number of hydrogen-bond acceptors (Lipinski definition) is 4. The van der Waals surface area contributed by atoms with Crippen molar-refractivity contribution >= 4 is 24.1 Å². The van der Waals surface area contributed by atoms with Gasteiger partial charge in [0, 0.05) is 18.8 Å². The van der Waals surface area contributed by atoms with Crippen LogP contribution in [0.5, 0.6) is 0 Å². The molecule has 3 aromatic rings. The second-order valence-corrected chi connectivity index (χ2v) is 6.51. The van der Waals surface area contributed by atoms with E-state index in [0.717, 1.165) is 43.1 Å². The average Bonchev–Trinajstić information content (AvgIpc) is 3.09. The number of nitrogens with one attached hydrogen (secondary N) is 1. The maximum Gasteiger partial charge on any atom is 0.198 e. The quantitative estimate of drug-likeness (QED) is 0.564. The molecule has 1 aliphatic rings. The third kappa shape index (κ3) is 3.76. The van der Waals surface area contributed by atoms with Crippen molar-refractivity contribution in [2.24, 2.45) is 5.10 Å². The van der Waals surface area contributed by atoms with E-state index in [2.05, 4.69) is 39.3 Å². The first kappa shape index (κ1) is 16.8. The summed E-state index contributed by atoms with van der Waals surface area (Å²) in [6.07, 6.45) is 3.73. The lowest BCUT2D eigenvalue weighted by Gasteiger charge is -2.28. The predicted molar refractivity (Wildman–Crippen MR) is 108 cm³/mol. The van der Waals surface area contributed by atoms with Gasteiger partial charge in [0.1, 0.15) is 0 Å². The van der Waals surface area contributed by atoms with Gasteiger partial charge in [-0.2, -0.15) is 5.10 Å². The SMILES string of the molecule is S=c1[nH]c(-c2ccccc2)cn1/N=C/c1ccc(N2CCOCC2)cc1. The Kier molecular flexibility index (Phi) is 4.95. The molecule has 5 nitrogen and oxygen atoms in total. The van der Waals surface area contributed by atoms with Crippen LogP contribution in [0.4, 0.5) is 5.69 Å². The van der Waals surface area contributed by atoms with Crippen molar-refractivity contribution in [2.45, 2.75) is 0 Å². The molecule has 0 saturated carbocycles. The van der Waals surface area contributed by atoms with E-state index >= 15 is 0 Å². The number of imidazole rings is 1. The summed E-state index contributed by atoms with van der Waals surface area (Å²) in [5.41, 5.74) is 4.29. The first-order valence-electron chi connectivity index (χ1n) is 8.64. The van der Waals surface area contributed by atoms with Crippen LogP contribution >= 0.6 is 12.2 Å². The molecule has 0 unspecified atom stereocenters. The zero-order valence-electron chi connectivity index (χ0n) is 14.3. The molecule has 0 bridgehead atoms. The third-order valence-electron chi connectivity index (χ3n) is 4.39. The van der Waals surface area contributed by atoms with Gasteiger partial charge in [-0.25, -0.2) is 4.68 Å². The number of aromatic amines is 1. The molecule has 1 saturated heterocycles. The summed E-state index contributed by atoms with van der Waals surface area (Å²) in [4.78, 5) is 5.53. The summed E-state index contributed by atoms with van der Waals surface area (Å²) in [5, 5.41) is 4.49. The normalized spacial score (nSPS) is 14.8. The fraction of sp³-hybridized carbons (Fsp3) is 0.200. The van der Waals surface area contributed by atoms with Gasteiger partial charge in [-0.15, -0.1) is 0 Å². The molecule has 0 amide bonds. The predicted octanol–water partition coefficient (Wildman–Crippen LogP) is 3.93. The molecule has 1 N–H and O–H groups in total. The van der Waals surface area contributed by atoms with Crippen molar-refractivity contribution in [1.82, 2.24) is 9.66 Å². The standard InChI is InChI=1S/C20H20N4OS/c26-20-22-19(17-4-2-1-3-5-17)15-24(20)21-14-16-6-8-18(9-7-16)23-10-12-25-13-11-23/h1-9,14-15H,10-13H2,(H,22,26)/b21-14+. The summed E-state index contributed by atoms with van der Waals surface area (Å²) in [5.74, 6) is 0. The molecule has 1 aliphatic heterocycles. The molecule has 6 heteroatoms. The van der Waals surface area contributed by atoms with Crippen LogP contribution in [-0.2, 0) is 4.74 Å². The Bertz CT molecular complexity index is 938. The largest absolute Gasteiger partial charge is 0.378 e. The Labute approximate surface area is 157 Å². The lowest BCUT2D eigenvalue weighted by atomic mass is 10.2. The monoisotopic (exact) mass is 364 g/mol. The maximum atomic E-state index is 5.40. The van der Waals surface area contributed by atoms with Crippen molar-refractivity contribution in [2.75, 3.05) is 31.2 Å². The van der Waals surface area contributed by atoms with E-state index < -0.39 is 0 Å². The van der Waals surface area contributed by atoms with Crippen LogP contribution in [0.1, 0.15) is 5.56 Å². The molecule has 132 valence electrons. The van der Waals surface area contributed by atoms with Gasteiger partial charge in [-0.05, 0) is 35.5 Å². The summed E-state index contributed by atoms with van der Waals surface area (Å²) in [7, 11) is 0. The van der Waals surface area contributed by atoms with E-state index in [1.807, 2.05) is 42.7 Å². The molecule has 4 rings (SSSR count). The van der Waals surface area contributed by atoms with Crippen LogP contribution in [0.25, 0.3) is 11.3 Å². The Morgan fingerprint density at radius 1 is 1.00 bits per heavy atom. The van der Waals surface area contributed by atoms with Crippen molar-refractivity contribution < 1.29 is 4.74 Å². The number of ether oxygens (including phenoxy) is 1. The summed E-state index contributed by atoms with van der Waals surface area (Å²) < 4.78 is 7.66. The van der Waals surface area contributed by atoms with Crippen LogP contribution < -0.4 is 4.90 Å². The molecule has 1 fully saturated rings. The number of aromatic nitrogens is 2. The molecule has 0 aliphatic carbocycles. The molecule has 0 spiro atoms. The smallest absolute Gasteiger partial charge is 0.198 e. The number of benzene rings is 2. The number of rotatable bonds is 4. The molecule has 26 heavy (non-hydrogen) atoms. The number of nitrogens with zero attached hydrogens (tertiary/aromatic N) is 3. The van der Waals surface area contributed by atoms with E-state index in [1.54, 1.807) is 4.68 Å². The maximum absolute atomic E-state index is 5.40. The Hall–Kier alpha value is -2.70. The molecular formula is C20H20N4OS.